The zero-order chi connectivity index (χ0) is 22.1. The summed E-state index contributed by atoms with van der Waals surface area (Å²) in [5, 5.41) is 3.26. The molecule has 1 N–H and O–H groups in total. The molecule has 0 amide bonds. The van der Waals surface area contributed by atoms with Crippen LogP contribution < -0.4 is 10.1 Å². The van der Waals surface area contributed by atoms with Crippen LogP contribution in [0.2, 0.25) is 0 Å². The Morgan fingerprint density at radius 2 is 1.93 bits per heavy atom. The molecule has 0 aromatic heterocycles. The summed E-state index contributed by atoms with van der Waals surface area (Å²) >= 11 is 0. The van der Waals surface area contributed by atoms with Crippen molar-refractivity contribution >= 4 is 5.96 Å². The van der Waals surface area contributed by atoms with E-state index in [1.54, 1.807) is 0 Å². The second-order valence-corrected chi connectivity index (χ2v) is 7.71. The Morgan fingerprint density at radius 1 is 1.23 bits per heavy atom. The molecular weight excluding hydrogens is 395 g/mol. The second kappa shape index (κ2) is 11.4. The molecule has 0 radical (unpaired) electrons. The normalized spacial score (nSPS) is 17.3. The van der Waals surface area contributed by atoms with E-state index in [2.05, 4.69) is 10.2 Å². The SMILES string of the molecule is CCNC(=NCc1cccc(OCCN(C)C)c1)N1CCN(C(C)C(F)(F)F)CC1. The standard InChI is InChI=1S/C21H34F3N5O/c1-5-25-20(29-11-9-28(10-12-29)17(2)21(22,23)24)26-16-18-7-6-8-19(15-18)30-14-13-27(3)4/h6-8,15,17H,5,9-14,16H2,1-4H3,(H,25,26). The van der Waals surface area contributed by atoms with E-state index in [1.807, 2.05) is 50.2 Å². The highest BCUT2D eigenvalue weighted by atomic mass is 19.4. The first kappa shape index (κ1) is 24.3. The summed E-state index contributed by atoms with van der Waals surface area (Å²) in [7, 11) is 4.00. The highest BCUT2D eigenvalue weighted by Crippen LogP contribution is 2.25. The summed E-state index contributed by atoms with van der Waals surface area (Å²) in [6.45, 7) is 7.59. The minimum Gasteiger partial charge on any atom is -0.492 e. The van der Waals surface area contributed by atoms with Gasteiger partial charge in [-0.05, 0) is 45.6 Å². The smallest absolute Gasteiger partial charge is 0.403 e. The number of nitrogens with zero attached hydrogens (tertiary/aromatic N) is 4. The highest BCUT2D eigenvalue weighted by Gasteiger charge is 2.41. The predicted molar refractivity (Wildman–Crippen MR) is 114 cm³/mol. The van der Waals surface area contributed by atoms with E-state index in [9.17, 15) is 13.2 Å². The van der Waals surface area contributed by atoms with Crippen molar-refractivity contribution in [3.63, 3.8) is 0 Å². The Morgan fingerprint density at radius 3 is 2.53 bits per heavy atom. The fourth-order valence-corrected chi connectivity index (χ4v) is 3.20. The number of halogens is 3. The third-order valence-corrected chi connectivity index (χ3v) is 5.09. The van der Waals surface area contributed by atoms with Gasteiger partial charge in [-0.25, -0.2) is 4.99 Å². The molecule has 1 aliphatic heterocycles. The van der Waals surface area contributed by atoms with Crippen LogP contribution in [0.1, 0.15) is 19.4 Å². The van der Waals surface area contributed by atoms with Gasteiger partial charge in [0.05, 0.1) is 6.54 Å². The van der Waals surface area contributed by atoms with Crippen LogP contribution in [0.25, 0.3) is 0 Å². The number of guanidine groups is 1. The molecule has 30 heavy (non-hydrogen) atoms. The summed E-state index contributed by atoms with van der Waals surface area (Å²) in [6.07, 6.45) is -4.19. The summed E-state index contributed by atoms with van der Waals surface area (Å²) in [5.74, 6) is 1.54. The van der Waals surface area contributed by atoms with Gasteiger partial charge in [0, 0.05) is 39.3 Å². The third kappa shape index (κ3) is 7.68. The van der Waals surface area contributed by atoms with Crippen LogP contribution in [0.4, 0.5) is 13.2 Å². The van der Waals surface area contributed by atoms with Crippen molar-refractivity contribution in [2.45, 2.75) is 32.6 Å². The lowest BCUT2D eigenvalue weighted by atomic mass is 10.2. The van der Waals surface area contributed by atoms with Gasteiger partial charge < -0.3 is 19.9 Å². The van der Waals surface area contributed by atoms with Crippen LogP contribution in [0.3, 0.4) is 0 Å². The van der Waals surface area contributed by atoms with Gasteiger partial charge in [0.1, 0.15) is 18.4 Å². The summed E-state index contributed by atoms with van der Waals surface area (Å²) in [6, 6.07) is 6.42. The molecule has 0 spiro atoms. The maximum Gasteiger partial charge on any atom is 0.403 e. The second-order valence-electron chi connectivity index (χ2n) is 7.71. The molecule has 9 heteroatoms. The molecule has 1 aromatic carbocycles. The van der Waals surface area contributed by atoms with Crippen LogP contribution >= 0.6 is 0 Å². The monoisotopic (exact) mass is 429 g/mol. The molecule has 1 heterocycles. The Bertz CT molecular complexity index is 673. The molecule has 170 valence electrons. The zero-order valence-corrected chi connectivity index (χ0v) is 18.4. The summed E-state index contributed by atoms with van der Waals surface area (Å²) in [4.78, 5) is 10.3. The minimum absolute atomic E-state index is 0.361. The average Bonchev–Trinajstić information content (AvgIpc) is 2.70. The van der Waals surface area contributed by atoms with Crippen LogP contribution in [0, 0.1) is 0 Å². The largest absolute Gasteiger partial charge is 0.492 e. The van der Waals surface area contributed by atoms with Gasteiger partial charge in [0.25, 0.3) is 0 Å². The third-order valence-electron chi connectivity index (χ3n) is 5.09. The van der Waals surface area contributed by atoms with Crippen molar-refractivity contribution < 1.29 is 17.9 Å². The fraction of sp³-hybridized carbons (Fsp3) is 0.667. The first-order valence-corrected chi connectivity index (χ1v) is 10.4. The van der Waals surface area contributed by atoms with Crippen molar-refractivity contribution in [2.24, 2.45) is 4.99 Å². The molecule has 6 nitrogen and oxygen atoms in total. The van der Waals surface area contributed by atoms with Crippen molar-refractivity contribution in [1.82, 2.24) is 20.0 Å². The fourth-order valence-electron chi connectivity index (χ4n) is 3.20. The number of likely N-dealkylation sites (N-methyl/N-ethyl adjacent to an activating group) is 1. The Balaban J connectivity index is 1.95. The molecule has 0 bridgehead atoms. The molecule has 0 saturated carbocycles. The number of aliphatic imine (C=N–C) groups is 1. The van der Waals surface area contributed by atoms with Gasteiger partial charge in [0.15, 0.2) is 5.96 Å². The van der Waals surface area contributed by atoms with E-state index in [1.165, 1.54) is 11.8 Å². The van der Waals surface area contributed by atoms with E-state index in [0.29, 0.717) is 45.9 Å². The summed E-state index contributed by atoms with van der Waals surface area (Å²) in [5.41, 5.74) is 1.03. The van der Waals surface area contributed by atoms with E-state index < -0.39 is 12.2 Å². The van der Waals surface area contributed by atoms with Gasteiger partial charge in [-0.2, -0.15) is 13.2 Å². The quantitative estimate of drug-likeness (QED) is 0.509. The first-order chi connectivity index (χ1) is 14.2. The number of hydrogen-bond acceptors (Lipinski definition) is 4. The van der Waals surface area contributed by atoms with E-state index in [0.717, 1.165) is 23.8 Å². The van der Waals surface area contributed by atoms with Gasteiger partial charge >= 0.3 is 6.18 Å². The van der Waals surface area contributed by atoms with E-state index in [4.69, 9.17) is 9.73 Å². The van der Waals surface area contributed by atoms with Gasteiger partial charge in [-0.1, -0.05) is 12.1 Å². The zero-order valence-electron chi connectivity index (χ0n) is 18.4. The lowest BCUT2D eigenvalue weighted by Gasteiger charge is -2.39. The van der Waals surface area contributed by atoms with E-state index >= 15 is 0 Å². The number of benzene rings is 1. The number of alkyl halides is 3. The van der Waals surface area contributed by atoms with E-state index in [-0.39, 0.29) is 0 Å². The molecule has 0 aliphatic carbocycles. The number of rotatable bonds is 8. The maximum atomic E-state index is 13.0. The van der Waals surface area contributed by atoms with Crippen LogP contribution in [-0.4, -0.2) is 92.8 Å². The highest BCUT2D eigenvalue weighted by molar-refractivity contribution is 5.80. The Hall–Kier alpha value is -2.00. The number of hydrogen-bond donors (Lipinski definition) is 1. The maximum absolute atomic E-state index is 13.0. The minimum atomic E-state index is -4.19. The molecule has 1 aliphatic rings. The molecule has 2 rings (SSSR count). The number of piperazine rings is 1. The van der Waals surface area contributed by atoms with Crippen molar-refractivity contribution in [3.05, 3.63) is 29.8 Å². The van der Waals surface area contributed by atoms with Crippen molar-refractivity contribution in [3.8, 4) is 5.75 Å². The molecule has 1 fully saturated rings. The van der Waals surface area contributed by atoms with Gasteiger partial charge in [-0.15, -0.1) is 0 Å². The molecule has 1 atom stereocenters. The molecule has 1 unspecified atom stereocenters. The van der Waals surface area contributed by atoms with Gasteiger partial charge in [0.2, 0.25) is 0 Å². The Labute approximate surface area is 177 Å². The number of ether oxygens (including phenoxy) is 1. The molecular formula is C21H34F3N5O. The topological polar surface area (TPSA) is 43.3 Å². The predicted octanol–water partition coefficient (Wildman–Crippen LogP) is 2.66. The molecule has 1 saturated heterocycles. The number of nitrogens with one attached hydrogen (secondary N) is 1. The van der Waals surface area contributed by atoms with Gasteiger partial charge in [-0.3, -0.25) is 4.90 Å². The lowest BCUT2D eigenvalue weighted by Crippen LogP contribution is -2.56. The van der Waals surface area contributed by atoms with Crippen LogP contribution in [-0.2, 0) is 6.54 Å². The van der Waals surface area contributed by atoms with Crippen molar-refractivity contribution in [1.29, 1.82) is 0 Å². The molecule has 1 aromatic rings. The average molecular weight is 430 g/mol. The summed E-state index contributed by atoms with van der Waals surface area (Å²) < 4.78 is 44.7. The van der Waals surface area contributed by atoms with Crippen molar-refractivity contribution in [2.75, 3.05) is 60.0 Å². The van der Waals surface area contributed by atoms with Crippen LogP contribution in [0.5, 0.6) is 5.75 Å². The Kier molecular flexibility index (Phi) is 9.23. The first-order valence-electron chi connectivity index (χ1n) is 10.4. The lowest BCUT2D eigenvalue weighted by molar-refractivity contribution is -0.181. The van der Waals surface area contributed by atoms with Crippen LogP contribution in [0.15, 0.2) is 29.3 Å².